The summed E-state index contributed by atoms with van der Waals surface area (Å²) in [5, 5.41) is 3.64. The van der Waals surface area contributed by atoms with E-state index in [4.69, 9.17) is 9.47 Å². The Balaban J connectivity index is 1.72. The van der Waals surface area contributed by atoms with Gasteiger partial charge in [-0.25, -0.2) is 0 Å². The van der Waals surface area contributed by atoms with Crippen LogP contribution in [0.1, 0.15) is 24.8 Å². The topological polar surface area (TPSA) is 30.5 Å². The Morgan fingerprint density at radius 1 is 1.15 bits per heavy atom. The second-order valence-electron chi connectivity index (χ2n) is 5.76. The average Bonchev–Trinajstić information content (AvgIpc) is 3.08. The summed E-state index contributed by atoms with van der Waals surface area (Å²) in [7, 11) is 3.34. The first-order valence-corrected chi connectivity index (χ1v) is 7.45. The molecule has 3 rings (SSSR count). The molecule has 1 aliphatic heterocycles. The molecule has 1 N–H and O–H groups in total. The minimum atomic E-state index is 0.538. The average molecular weight is 273 g/mol. The van der Waals surface area contributed by atoms with Gasteiger partial charge in [0.05, 0.1) is 14.2 Å². The van der Waals surface area contributed by atoms with Gasteiger partial charge in [-0.05, 0) is 48.9 Å². The van der Waals surface area contributed by atoms with Gasteiger partial charge in [-0.3, -0.25) is 0 Å². The van der Waals surface area contributed by atoms with Crippen LogP contribution in [-0.4, -0.2) is 26.8 Å². The molecule has 20 heavy (non-hydrogen) atoms. The van der Waals surface area contributed by atoms with Gasteiger partial charge in [0.15, 0.2) is 11.5 Å². The predicted octanol–water partition coefficient (Wildman–Crippen LogP) is 3.11. The van der Waals surface area contributed by atoms with E-state index in [1.54, 1.807) is 14.2 Å². The zero-order valence-electron chi connectivity index (χ0n) is 12.3. The summed E-state index contributed by atoms with van der Waals surface area (Å²) in [6.07, 6.45) is 8.69. The van der Waals surface area contributed by atoms with E-state index >= 15 is 0 Å². The SMILES string of the molecule is COc1ccc(/C=C/C2NCC3CCCC32)cc1OC. The summed E-state index contributed by atoms with van der Waals surface area (Å²) >= 11 is 0. The molecular weight excluding hydrogens is 250 g/mol. The lowest BCUT2D eigenvalue weighted by Crippen LogP contribution is -2.23. The van der Waals surface area contributed by atoms with Gasteiger partial charge < -0.3 is 14.8 Å². The van der Waals surface area contributed by atoms with E-state index in [-0.39, 0.29) is 0 Å². The van der Waals surface area contributed by atoms with Crippen LogP contribution in [0.15, 0.2) is 24.3 Å². The maximum atomic E-state index is 5.34. The number of hydrogen-bond acceptors (Lipinski definition) is 3. The van der Waals surface area contributed by atoms with Crippen LogP contribution in [0.25, 0.3) is 6.08 Å². The highest BCUT2D eigenvalue weighted by molar-refractivity contribution is 5.56. The fraction of sp³-hybridized carbons (Fsp3) is 0.529. The van der Waals surface area contributed by atoms with Crippen molar-refractivity contribution in [2.75, 3.05) is 20.8 Å². The Kier molecular flexibility index (Phi) is 3.97. The van der Waals surface area contributed by atoms with Gasteiger partial charge >= 0.3 is 0 Å². The van der Waals surface area contributed by atoms with Crippen LogP contribution in [0.3, 0.4) is 0 Å². The molecule has 0 bridgehead atoms. The van der Waals surface area contributed by atoms with Crippen LogP contribution >= 0.6 is 0 Å². The maximum Gasteiger partial charge on any atom is 0.161 e. The van der Waals surface area contributed by atoms with Crippen LogP contribution in [0.2, 0.25) is 0 Å². The first-order chi connectivity index (χ1) is 9.81. The summed E-state index contributed by atoms with van der Waals surface area (Å²) in [6, 6.07) is 6.59. The number of ether oxygens (including phenoxy) is 2. The second kappa shape index (κ2) is 5.88. The Morgan fingerprint density at radius 3 is 2.80 bits per heavy atom. The maximum absolute atomic E-state index is 5.34. The molecule has 2 fully saturated rings. The number of methoxy groups -OCH3 is 2. The van der Waals surface area contributed by atoms with Gasteiger partial charge in [0, 0.05) is 6.04 Å². The molecule has 0 aromatic heterocycles. The van der Waals surface area contributed by atoms with E-state index in [0.717, 1.165) is 28.9 Å². The molecule has 1 saturated heterocycles. The Hall–Kier alpha value is -1.48. The van der Waals surface area contributed by atoms with Crippen molar-refractivity contribution in [3.63, 3.8) is 0 Å². The minimum absolute atomic E-state index is 0.538. The number of benzene rings is 1. The van der Waals surface area contributed by atoms with Crippen molar-refractivity contribution in [1.82, 2.24) is 5.32 Å². The molecule has 2 aliphatic rings. The lowest BCUT2D eigenvalue weighted by Gasteiger charge is -2.14. The normalized spacial score (nSPS) is 28.8. The van der Waals surface area contributed by atoms with Crippen LogP contribution in [0.4, 0.5) is 0 Å². The first kappa shape index (κ1) is 13.5. The molecular formula is C17H23NO2. The molecule has 3 atom stereocenters. The third kappa shape index (κ3) is 2.55. The molecule has 1 aromatic rings. The van der Waals surface area contributed by atoms with Crippen LogP contribution in [0.5, 0.6) is 11.5 Å². The van der Waals surface area contributed by atoms with E-state index in [9.17, 15) is 0 Å². The Labute approximate surface area is 121 Å². The Morgan fingerprint density at radius 2 is 2.00 bits per heavy atom. The zero-order chi connectivity index (χ0) is 13.9. The van der Waals surface area contributed by atoms with Gasteiger partial charge in [-0.2, -0.15) is 0 Å². The molecule has 0 amide bonds. The van der Waals surface area contributed by atoms with Crippen molar-refractivity contribution in [1.29, 1.82) is 0 Å². The molecule has 3 unspecified atom stereocenters. The quantitative estimate of drug-likeness (QED) is 0.914. The molecule has 0 spiro atoms. The fourth-order valence-corrected chi connectivity index (χ4v) is 3.61. The summed E-state index contributed by atoms with van der Waals surface area (Å²) in [5.74, 6) is 3.30. The molecule has 1 saturated carbocycles. The molecule has 1 heterocycles. The zero-order valence-corrected chi connectivity index (χ0v) is 12.3. The van der Waals surface area contributed by atoms with Crippen molar-refractivity contribution in [2.24, 2.45) is 11.8 Å². The van der Waals surface area contributed by atoms with Crippen molar-refractivity contribution >= 4 is 6.08 Å². The van der Waals surface area contributed by atoms with Gasteiger partial charge in [-0.15, -0.1) is 0 Å². The highest BCUT2D eigenvalue weighted by Gasteiger charge is 2.37. The summed E-state index contributed by atoms with van der Waals surface area (Å²) < 4.78 is 10.6. The molecule has 1 aliphatic carbocycles. The first-order valence-electron chi connectivity index (χ1n) is 7.45. The Bertz CT molecular complexity index is 498. The van der Waals surface area contributed by atoms with E-state index in [2.05, 4.69) is 23.5 Å². The monoisotopic (exact) mass is 273 g/mol. The molecule has 3 heteroatoms. The van der Waals surface area contributed by atoms with Crippen molar-refractivity contribution < 1.29 is 9.47 Å². The van der Waals surface area contributed by atoms with Crippen LogP contribution in [0, 0.1) is 11.8 Å². The highest BCUT2D eigenvalue weighted by atomic mass is 16.5. The number of fused-ring (bicyclic) bond motifs is 1. The number of rotatable bonds is 4. The van der Waals surface area contributed by atoms with E-state index < -0.39 is 0 Å². The van der Waals surface area contributed by atoms with Crippen LogP contribution in [-0.2, 0) is 0 Å². The molecule has 0 radical (unpaired) electrons. The third-order valence-electron chi connectivity index (χ3n) is 4.70. The van der Waals surface area contributed by atoms with Crippen molar-refractivity contribution in [3.8, 4) is 11.5 Å². The fourth-order valence-electron chi connectivity index (χ4n) is 3.61. The molecule has 3 nitrogen and oxygen atoms in total. The van der Waals surface area contributed by atoms with Gasteiger partial charge in [0.25, 0.3) is 0 Å². The highest BCUT2D eigenvalue weighted by Crippen LogP contribution is 2.38. The van der Waals surface area contributed by atoms with Gasteiger partial charge in [0.1, 0.15) is 0 Å². The summed E-state index contributed by atoms with van der Waals surface area (Å²) in [6.45, 7) is 1.19. The smallest absolute Gasteiger partial charge is 0.161 e. The van der Waals surface area contributed by atoms with Gasteiger partial charge in [0.2, 0.25) is 0 Å². The molecule has 108 valence electrons. The lowest BCUT2D eigenvalue weighted by atomic mass is 9.93. The summed E-state index contributed by atoms with van der Waals surface area (Å²) in [4.78, 5) is 0. The third-order valence-corrected chi connectivity index (χ3v) is 4.70. The van der Waals surface area contributed by atoms with Crippen LogP contribution < -0.4 is 14.8 Å². The second-order valence-corrected chi connectivity index (χ2v) is 5.76. The molecule has 1 aromatic carbocycles. The standard InChI is InChI=1S/C17H23NO2/c1-19-16-9-7-12(10-17(16)20-2)6-8-15-14-5-3-4-13(14)11-18-15/h6-10,13-15,18H,3-5,11H2,1-2H3/b8-6+. The lowest BCUT2D eigenvalue weighted by molar-refractivity contribution is 0.355. The van der Waals surface area contributed by atoms with E-state index in [1.807, 2.05) is 12.1 Å². The minimum Gasteiger partial charge on any atom is -0.493 e. The van der Waals surface area contributed by atoms with E-state index in [0.29, 0.717) is 6.04 Å². The van der Waals surface area contributed by atoms with E-state index in [1.165, 1.54) is 25.8 Å². The number of hydrogen-bond donors (Lipinski definition) is 1. The van der Waals surface area contributed by atoms with Gasteiger partial charge in [-0.1, -0.05) is 24.6 Å². The van der Waals surface area contributed by atoms with Crippen molar-refractivity contribution in [3.05, 3.63) is 29.8 Å². The number of nitrogens with one attached hydrogen (secondary N) is 1. The summed E-state index contributed by atoms with van der Waals surface area (Å²) in [5.41, 5.74) is 1.16. The predicted molar refractivity (Wildman–Crippen MR) is 81.2 cm³/mol. The largest absolute Gasteiger partial charge is 0.493 e. The van der Waals surface area contributed by atoms with Crippen molar-refractivity contribution in [2.45, 2.75) is 25.3 Å².